The molecule has 5 heteroatoms. The normalized spacial score (nSPS) is 12.8. The summed E-state index contributed by atoms with van der Waals surface area (Å²) in [6.07, 6.45) is 4.28. The topological polar surface area (TPSA) is 65.5 Å². The maximum atomic E-state index is 12.2. The number of nitrogens with one attached hydrogen (secondary N) is 1. The lowest BCUT2D eigenvalue weighted by Crippen LogP contribution is -2.43. The number of aliphatic hydroxyl groups is 1. The zero-order valence-corrected chi connectivity index (χ0v) is 15.1. The molecule has 0 unspecified atom stereocenters. The summed E-state index contributed by atoms with van der Waals surface area (Å²) in [6, 6.07) is 3.98. The Hall–Kier alpha value is -1.62. The summed E-state index contributed by atoms with van der Waals surface area (Å²) in [6.45, 7) is 8.92. The van der Waals surface area contributed by atoms with Crippen molar-refractivity contribution >= 4 is 6.03 Å². The summed E-state index contributed by atoms with van der Waals surface area (Å²) in [5, 5.41) is 12.2. The van der Waals surface area contributed by atoms with E-state index in [0.29, 0.717) is 6.54 Å². The lowest BCUT2D eigenvalue weighted by atomic mass is 9.89. The number of likely N-dealkylation sites (N-methyl/N-ethyl adjacent to an activating group) is 1. The smallest absolute Gasteiger partial charge is 0.317 e. The van der Waals surface area contributed by atoms with Crippen molar-refractivity contribution in [3.63, 3.8) is 0 Å². The molecule has 0 bridgehead atoms. The van der Waals surface area contributed by atoms with Crippen LogP contribution in [0.15, 0.2) is 18.3 Å². The molecule has 2 amide bonds. The van der Waals surface area contributed by atoms with Gasteiger partial charge < -0.3 is 15.3 Å². The number of aryl methyl sites for hydroxylation is 1. The molecule has 1 aromatic heterocycles. The molecule has 1 rings (SSSR count). The van der Waals surface area contributed by atoms with Gasteiger partial charge in [0, 0.05) is 44.6 Å². The fourth-order valence-electron chi connectivity index (χ4n) is 2.32. The van der Waals surface area contributed by atoms with Crippen LogP contribution in [0.25, 0.3) is 0 Å². The van der Waals surface area contributed by atoms with Crippen LogP contribution < -0.4 is 5.32 Å². The van der Waals surface area contributed by atoms with E-state index in [2.05, 4.69) is 10.3 Å². The number of pyridine rings is 1. The second-order valence-corrected chi connectivity index (χ2v) is 7.09. The lowest BCUT2D eigenvalue weighted by Gasteiger charge is -2.26. The number of aliphatic hydroxyl groups excluding tert-OH is 1. The summed E-state index contributed by atoms with van der Waals surface area (Å²) >= 11 is 0. The van der Waals surface area contributed by atoms with Crippen molar-refractivity contribution in [3.8, 4) is 0 Å². The first-order valence-corrected chi connectivity index (χ1v) is 8.29. The Bertz CT molecular complexity index is 503. The van der Waals surface area contributed by atoms with Crippen LogP contribution in [0.3, 0.4) is 0 Å². The standard InChI is InChI=1S/C18H31N3O2/c1-14-8-6-10-19-16(14)12-15(2)21(5)17(23)20-11-7-9-18(3,4)13-22/h6,8,10,15,22H,7,9,11-13H2,1-5H3,(H,20,23)/t15-/m0/s1. The predicted octanol–water partition coefficient (Wildman–Crippen LogP) is 2.76. The summed E-state index contributed by atoms with van der Waals surface area (Å²) in [5.74, 6) is 0. The molecule has 0 aliphatic rings. The third kappa shape index (κ3) is 6.57. The Kier molecular flexibility index (Phi) is 7.49. The molecular formula is C18H31N3O2. The number of nitrogens with zero attached hydrogens (tertiary/aromatic N) is 2. The van der Waals surface area contributed by atoms with Crippen molar-refractivity contribution in [2.24, 2.45) is 5.41 Å². The summed E-state index contributed by atoms with van der Waals surface area (Å²) < 4.78 is 0. The van der Waals surface area contributed by atoms with Crippen LogP contribution in [-0.2, 0) is 6.42 Å². The first-order chi connectivity index (χ1) is 10.8. The molecule has 0 fully saturated rings. The van der Waals surface area contributed by atoms with Crippen LogP contribution in [0, 0.1) is 12.3 Å². The summed E-state index contributed by atoms with van der Waals surface area (Å²) in [4.78, 5) is 18.3. The fraction of sp³-hybridized carbons (Fsp3) is 0.667. The van der Waals surface area contributed by atoms with Crippen molar-refractivity contribution in [2.45, 2.75) is 53.0 Å². The zero-order chi connectivity index (χ0) is 17.5. The Morgan fingerprint density at radius 1 is 1.48 bits per heavy atom. The second kappa shape index (κ2) is 8.87. The van der Waals surface area contributed by atoms with Gasteiger partial charge in [0.2, 0.25) is 0 Å². The van der Waals surface area contributed by atoms with Gasteiger partial charge in [-0.25, -0.2) is 4.79 Å². The molecule has 130 valence electrons. The van der Waals surface area contributed by atoms with Crippen molar-refractivity contribution in [1.82, 2.24) is 15.2 Å². The Morgan fingerprint density at radius 3 is 2.78 bits per heavy atom. The first-order valence-electron chi connectivity index (χ1n) is 8.29. The summed E-state index contributed by atoms with van der Waals surface area (Å²) in [7, 11) is 1.82. The molecule has 0 aliphatic heterocycles. The number of urea groups is 1. The maximum absolute atomic E-state index is 12.2. The molecule has 0 aliphatic carbocycles. The maximum Gasteiger partial charge on any atom is 0.317 e. The molecule has 1 atom stereocenters. The minimum absolute atomic E-state index is 0.0621. The van der Waals surface area contributed by atoms with Crippen LogP contribution in [0.4, 0.5) is 4.79 Å². The molecule has 5 nitrogen and oxygen atoms in total. The average Bonchev–Trinajstić information content (AvgIpc) is 2.52. The van der Waals surface area contributed by atoms with Crippen LogP contribution in [0.2, 0.25) is 0 Å². The highest BCUT2D eigenvalue weighted by molar-refractivity contribution is 5.74. The van der Waals surface area contributed by atoms with Crippen molar-refractivity contribution < 1.29 is 9.90 Å². The highest BCUT2D eigenvalue weighted by atomic mass is 16.3. The number of hydrogen-bond acceptors (Lipinski definition) is 3. The van der Waals surface area contributed by atoms with Gasteiger partial charge in [0.15, 0.2) is 0 Å². The molecule has 23 heavy (non-hydrogen) atoms. The van der Waals surface area contributed by atoms with Gasteiger partial charge in [-0.2, -0.15) is 0 Å². The third-order valence-electron chi connectivity index (χ3n) is 4.32. The molecule has 0 saturated heterocycles. The first kappa shape index (κ1) is 19.4. The van der Waals surface area contributed by atoms with Crippen molar-refractivity contribution in [2.75, 3.05) is 20.2 Å². The number of hydrogen-bond donors (Lipinski definition) is 2. The van der Waals surface area contributed by atoms with Gasteiger partial charge in [-0.05, 0) is 43.7 Å². The van der Waals surface area contributed by atoms with E-state index in [0.717, 1.165) is 30.5 Å². The van der Waals surface area contributed by atoms with E-state index in [4.69, 9.17) is 0 Å². The Balaban J connectivity index is 2.39. The van der Waals surface area contributed by atoms with Gasteiger partial charge in [0.25, 0.3) is 0 Å². The minimum atomic E-state index is -0.0829. The molecule has 0 spiro atoms. The number of amides is 2. The molecule has 0 saturated carbocycles. The van der Waals surface area contributed by atoms with E-state index in [1.165, 1.54) is 0 Å². The van der Waals surface area contributed by atoms with Crippen molar-refractivity contribution in [1.29, 1.82) is 0 Å². The second-order valence-electron chi connectivity index (χ2n) is 7.09. The van der Waals surface area contributed by atoms with Gasteiger partial charge in [-0.3, -0.25) is 4.98 Å². The zero-order valence-electron chi connectivity index (χ0n) is 15.1. The SMILES string of the molecule is Cc1cccnc1C[C@H](C)N(C)C(=O)NCCCC(C)(C)CO. The van der Waals surface area contributed by atoms with Crippen LogP contribution in [0.5, 0.6) is 0 Å². The van der Waals surface area contributed by atoms with E-state index >= 15 is 0 Å². The number of carbonyl (C=O) groups is 1. The largest absolute Gasteiger partial charge is 0.396 e. The number of aromatic nitrogens is 1. The van der Waals surface area contributed by atoms with Gasteiger partial charge >= 0.3 is 6.03 Å². The quantitative estimate of drug-likeness (QED) is 0.724. The van der Waals surface area contributed by atoms with Gasteiger partial charge in [-0.1, -0.05) is 19.9 Å². The average molecular weight is 321 g/mol. The molecule has 0 radical (unpaired) electrons. The van der Waals surface area contributed by atoms with E-state index in [-0.39, 0.29) is 24.1 Å². The highest BCUT2D eigenvalue weighted by Crippen LogP contribution is 2.20. The van der Waals surface area contributed by atoms with Crippen LogP contribution in [-0.4, -0.2) is 47.3 Å². The molecular weight excluding hydrogens is 290 g/mol. The molecule has 2 N–H and O–H groups in total. The Morgan fingerprint density at radius 2 is 2.17 bits per heavy atom. The minimum Gasteiger partial charge on any atom is -0.396 e. The highest BCUT2D eigenvalue weighted by Gasteiger charge is 2.18. The van der Waals surface area contributed by atoms with Crippen LogP contribution >= 0.6 is 0 Å². The van der Waals surface area contributed by atoms with E-state index in [1.807, 2.05) is 46.9 Å². The van der Waals surface area contributed by atoms with E-state index in [1.54, 1.807) is 11.1 Å². The Labute approximate surface area is 140 Å². The number of rotatable bonds is 8. The van der Waals surface area contributed by atoms with Gasteiger partial charge in [0.05, 0.1) is 0 Å². The predicted molar refractivity (Wildman–Crippen MR) is 93.4 cm³/mol. The fourth-order valence-corrected chi connectivity index (χ4v) is 2.32. The van der Waals surface area contributed by atoms with Gasteiger partial charge in [0.1, 0.15) is 0 Å². The summed E-state index contributed by atoms with van der Waals surface area (Å²) in [5.41, 5.74) is 2.10. The molecule has 0 aromatic carbocycles. The number of carbonyl (C=O) groups excluding carboxylic acids is 1. The molecule has 1 heterocycles. The lowest BCUT2D eigenvalue weighted by molar-refractivity contribution is 0.147. The third-order valence-corrected chi connectivity index (χ3v) is 4.32. The van der Waals surface area contributed by atoms with Gasteiger partial charge in [-0.15, -0.1) is 0 Å². The van der Waals surface area contributed by atoms with E-state index in [9.17, 15) is 9.90 Å². The van der Waals surface area contributed by atoms with Crippen molar-refractivity contribution in [3.05, 3.63) is 29.6 Å². The molecule has 1 aromatic rings. The van der Waals surface area contributed by atoms with E-state index < -0.39 is 0 Å². The van der Waals surface area contributed by atoms with Crippen LogP contribution in [0.1, 0.15) is 44.9 Å². The monoisotopic (exact) mass is 321 g/mol.